The fraction of sp³-hybridized carbons (Fsp3) is 0.231. The quantitative estimate of drug-likeness (QED) is 0.327. The van der Waals surface area contributed by atoms with Crippen molar-refractivity contribution >= 4 is 11.9 Å². The van der Waals surface area contributed by atoms with Gasteiger partial charge in [0.2, 0.25) is 5.90 Å². The number of aliphatic imine (C=N–C) groups is 1. The summed E-state index contributed by atoms with van der Waals surface area (Å²) >= 11 is 0. The number of halogens is 3. The number of alkyl halides is 3. The number of benzene rings is 2. The standard InChI is InChI=1S/C26H22F3NO3/c1-25(2,3)18-9-7-16(8-10-18)23-30-21(24(31)33-23)13-11-20-12-14-22(32-20)17-5-4-6-19(15-17)26(27,28)29/h4-10,12-15H,11H2,1-3H3/b21-13-. The minimum Gasteiger partial charge on any atom is -0.461 e. The van der Waals surface area contributed by atoms with E-state index in [-0.39, 0.29) is 23.4 Å². The van der Waals surface area contributed by atoms with Gasteiger partial charge in [-0.15, -0.1) is 0 Å². The Morgan fingerprint density at radius 1 is 0.909 bits per heavy atom. The first kappa shape index (κ1) is 22.6. The van der Waals surface area contributed by atoms with Crippen molar-refractivity contribution < 1.29 is 27.1 Å². The minimum absolute atomic E-state index is 0.00765. The number of carbonyl (C=O) groups excluding carboxylic acids is 1. The van der Waals surface area contributed by atoms with E-state index in [1.807, 2.05) is 24.3 Å². The number of cyclic esters (lactones) is 1. The molecule has 0 saturated heterocycles. The van der Waals surface area contributed by atoms with E-state index < -0.39 is 17.7 Å². The Kier molecular flexibility index (Phi) is 5.74. The molecule has 1 aliphatic heterocycles. The van der Waals surface area contributed by atoms with Crippen LogP contribution in [0.3, 0.4) is 0 Å². The number of carbonyl (C=O) groups is 1. The van der Waals surface area contributed by atoms with E-state index in [4.69, 9.17) is 9.15 Å². The van der Waals surface area contributed by atoms with Crippen molar-refractivity contribution in [3.8, 4) is 11.3 Å². The van der Waals surface area contributed by atoms with Gasteiger partial charge in [-0.1, -0.05) is 45.0 Å². The lowest BCUT2D eigenvalue weighted by Gasteiger charge is -2.18. The molecule has 170 valence electrons. The van der Waals surface area contributed by atoms with Crippen LogP contribution in [0.25, 0.3) is 11.3 Å². The number of ether oxygens (including phenoxy) is 1. The molecule has 4 nitrogen and oxygen atoms in total. The van der Waals surface area contributed by atoms with E-state index >= 15 is 0 Å². The zero-order valence-corrected chi connectivity index (χ0v) is 18.4. The van der Waals surface area contributed by atoms with Gasteiger partial charge < -0.3 is 9.15 Å². The highest BCUT2D eigenvalue weighted by Crippen LogP contribution is 2.33. The Morgan fingerprint density at radius 3 is 2.30 bits per heavy atom. The Balaban J connectivity index is 1.49. The fourth-order valence-corrected chi connectivity index (χ4v) is 3.37. The topological polar surface area (TPSA) is 51.8 Å². The van der Waals surface area contributed by atoms with Gasteiger partial charge in [-0.25, -0.2) is 9.79 Å². The number of rotatable bonds is 4. The maximum atomic E-state index is 13.0. The maximum absolute atomic E-state index is 13.0. The molecule has 0 fully saturated rings. The summed E-state index contributed by atoms with van der Waals surface area (Å²) in [5.74, 6) is 0.470. The highest BCUT2D eigenvalue weighted by Gasteiger charge is 2.30. The third-order valence-corrected chi connectivity index (χ3v) is 5.25. The van der Waals surface area contributed by atoms with Crippen LogP contribution in [-0.2, 0) is 27.5 Å². The van der Waals surface area contributed by atoms with Gasteiger partial charge in [-0.2, -0.15) is 13.2 Å². The summed E-state index contributed by atoms with van der Waals surface area (Å²) in [6.07, 6.45) is -2.61. The molecule has 0 saturated carbocycles. The number of nitrogens with zero attached hydrogens (tertiary/aromatic N) is 1. The van der Waals surface area contributed by atoms with Crippen LogP contribution in [-0.4, -0.2) is 11.9 Å². The van der Waals surface area contributed by atoms with Crippen molar-refractivity contribution in [1.29, 1.82) is 0 Å². The Hall–Kier alpha value is -3.61. The van der Waals surface area contributed by atoms with E-state index in [0.29, 0.717) is 22.6 Å². The Bertz CT molecular complexity index is 1240. The number of hydrogen-bond donors (Lipinski definition) is 0. The second kappa shape index (κ2) is 8.39. The van der Waals surface area contributed by atoms with E-state index in [1.165, 1.54) is 6.07 Å². The van der Waals surface area contributed by atoms with Crippen molar-refractivity contribution in [2.24, 2.45) is 4.99 Å². The van der Waals surface area contributed by atoms with Crippen LogP contribution in [0.2, 0.25) is 0 Å². The van der Waals surface area contributed by atoms with E-state index in [9.17, 15) is 18.0 Å². The van der Waals surface area contributed by atoms with Gasteiger partial charge in [0.1, 0.15) is 17.2 Å². The summed E-state index contributed by atoms with van der Waals surface area (Å²) in [5.41, 5.74) is 1.59. The van der Waals surface area contributed by atoms with Crippen LogP contribution in [0.1, 0.15) is 43.2 Å². The average molecular weight is 453 g/mol. The van der Waals surface area contributed by atoms with Crippen LogP contribution in [0.4, 0.5) is 13.2 Å². The second-order valence-electron chi connectivity index (χ2n) is 8.77. The molecule has 2 aromatic carbocycles. The predicted octanol–water partition coefficient (Wildman–Crippen LogP) is 6.69. The molecule has 0 unspecified atom stereocenters. The summed E-state index contributed by atoms with van der Waals surface area (Å²) in [6.45, 7) is 6.34. The van der Waals surface area contributed by atoms with Crippen molar-refractivity contribution in [1.82, 2.24) is 0 Å². The Morgan fingerprint density at radius 2 is 1.64 bits per heavy atom. The lowest BCUT2D eigenvalue weighted by molar-refractivity contribution is -0.137. The first-order valence-corrected chi connectivity index (χ1v) is 10.4. The highest BCUT2D eigenvalue weighted by molar-refractivity contribution is 6.11. The molecule has 7 heteroatoms. The van der Waals surface area contributed by atoms with Crippen molar-refractivity contribution in [3.05, 3.63) is 94.9 Å². The molecule has 1 aliphatic rings. The predicted molar refractivity (Wildman–Crippen MR) is 119 cm³/mol. The van der Waals surface area contributed by atoms with E-state index in [0.717, 1.165) is 17.7 Å². The summed E-state index contributed by atoms with van der Waals surface area (Å²) in [7, 11) is 0. The number of furan rings is 1. The molecule has 0 amide bonds. The van der Waals surface area contributed by atoms with Crippen LogP contribution in [0.5, 0.6) is 0 Å². The average Bonchev–Trinajstić information content (AvgIpc) is 3.38. The minimum atomic E-state index is -4.43. The molecule has 4 rings (SSSR count). The zero-order chi connectivity index (χ0) is 23.8. The molecule has 0 bridgehead atoms. The molecule has 0 aliphatic carbocycles. The molecule has 0 N–H and O–H groups in total. The largest absolute Gasteiger partial charge is 0.461 e. The lowest BCUT2D eigenvalue weighted by Crippen LogP contribution is -2.11. The lowest BCUT2D eigenvalue weighted by atomic mass is 9.87. The smallest absolute Gasteiger partial charge is 0.416 e. The monoisotopic (exact) mass is 453 g/mol. The molecule has 3 aromatic rings. The van der Waals surface area contributed by atoms with Gasteiger partial charge in [-0.05, 0) is 53.5 Å². The third kappa shape index (κ3) is 5.08. The van der Waals surface area contributed by atoms with Gasteiger partial charge in [0.15, 0.2) is 0 Å². The molecular formula is C26H22F3NO3. The number of esters is 1. The summed E-state index contributed by atoms with van der Waals surface area (Å²) in [5, 5.41) is 0. The van der Waals surface area contributed by atoms with E-state index in [2.05, 4.69) is 25.8 Å². The van der Waals surface area contributed by atoms with Gasteiger partial charge in [0.05, 0.1) is 5.56 Å². The second-order valence-corrected chi connectivity index (χ2v) is 8.77. The highest BCUT2D eigenvalue weighted by atomic mass is 19.4. The first-order valence-electron chi connectivity index (χ1n) is 10.4. The fourth-order valence-electron chi connectivity index (χ4n) is 3.37. The Labute approximate surface area is 189 Å². The molecule has 1 aromatic heterocycles. The van der Waals surface area contributed by atoms with Crippen LogP contribution in [0, 0.1) is 0 Å². The normalized spacial score (nSPS) is 15.6. The number of hydrogen-bond acceptors (Lipinski definition) is 4. The summed E-state index contributed by atoms with van der Waals surface area (Å²) in [6, 6.07) is 15.9. The van der Waals surface area contributed by atoms with Gasteiger partial charge >= 0.3 is 12.1 Å². The van der Waals surface area contributed by atoms with Crippen molar-refractivity contribution in [3.63, 3.8) is 0 Å². The van der Waals surface area contributed by atoms with Crippen molar-refractivity contribution in [2.45, 2.75) is 38.8 Å². The molecule has 0 radical (unpaired) electrons. The van der Waals surface area contributed by atoms with Gasteiger partial charge in [0.25, 0.3) is 0 Å². The van der Waals surface area contributed by atoms with Crippen LogP contribution in [0.15, 0.2) is 81.8 Å². The van der Waals surface area contributed by atoms with Gasteiger partial charge in [-0.3, -0.25) is 0 Å². The summed E-state index contributed by atoms with van der Waals surface area (Å²) < 4.78 is 49.8. The third-order valence-electron chi connectivity index (χ3n) is 5.25. The van der Waals surface area contributed by atoms with Crippen LogP contribution >= 0.6 is 0 Å². The van der Waals surface area contributed by atoms with E-state index in [1.54, 1.807) is 24.3 Å². The molecule has 0 spiro atoms. The zero-order valence-electron chi connectivity index (χ0n) is 18.4. The molecular weight excluding hydrogens is 431 g/mol. The SMILES string of the molecule is CC(C)(C)c1ccc(C2=N/C(=C\Cc3ccc(-c4cccc(C(F)(F)F)c4)o3)C(=O)O2)cc1. The molecule has 2 heterocycles. The van der Waals surface area contributed by atoms with Crippen molar-refractivity contribution in [2.75, 3.05) is 0 Å². The summed E-state index contributed by atoms with van der Waals surface area (Å²) in [4.78, 5) is 16.5. The molecule has 0 atom stereocenters. The molecule has 33 heavy (non-hydrogen) atoms. The maximum Gasteiger partial charge on any atom is 0.416 e. The first-order chi connectivity index (χ1) is 15.5. The van der Waals surface area contributed by atoms with Crippen LogP contribution < -0.4 is 0 Å². The number of allylic oxidation sites excluding steroid dienone is 1. The van der Waals surface area contributed by atoms with Gasteiger partial charge in [0, 0.05) is 17.5 Å².